The van der Waals surface area contributed by atoms with E-state index in [1.54, 1.807) is 4.90 Å². The average molecular weight is 260 g/mol. The van der Waals surface area contributed by atoms with Crippen molar-refractivity contribution in [1.29, 1.82) is 0 Å². The Morgan fingerprint density at radius 1 is 0.889 bits per heavy atom. The maximum atomic E-state index is 10.7. The summed E-state index contributed by atoms with van der Waals surface area (Å²) in [6.07, 6.45) is 0.840. The highest BCUT2D eigenvalue weighted by Crippen LogP contribution is 1.97. The molecule has 0 saturated heterocycles. The molecule has 0 rings (SSSR count). The zero-order valence-electron chi connectivity index (χ0n) is 11.3. The molecule has 0 radical (unpaired) electrons. The maximum absolute atomic E-state index is 10.7. The van der Waals surface area contributed by atoms with Gasteiger partial charge in [0.15, 0.2) is 0 Å². The first-order valence-electron chi connectivity index (χ1n) is 6.37. The van der Waals surface area contributed by atoms with E-state index in [-0.39, 0.29) is 13.0 Å². The van der Waals surface area contributed by atoms with Crippen LogP contribution in [-0.2, 0) is 9.59 Å². The van der Waals surface area contributed by atoms with Crippen LogP contribution in [0.4, 0.5) is 0 Å². The molecule has 0 spiro atoms. The van der Waals surface area contributed by atoms with Crippen molar-refractivity contribution < 1.29 is 19.8 Å². The van der Waals surface area contributed by atoms with Crippen LogP contribution in [0.3, 0.4) is 0 Å². The van der Waals surface area contributed by atoms with E-state index in [0.29, 0.717) is 13.1 Å². The molecule has 0 amide bonds. The van der Waals surface area contributed by atoms with E-state index in [0.717, 1.165) is 26.1 Å². The molecule has 2 N–H and O–H groups in total. The van der Waals surface area contributed by atoms with Crippen molar-refractivity contribution >= 4 is 11.9 Å². The summed E-state index contributed by atoms with van der Waals surface area (Å²) in [5.74, 6) is -1.81. The summed E-state index contributed by atoms with van der Waals surface area (Å²) in [5, 5.41) is 17.4. The second-order valence-electron chi connectivity index (χ2n) is 4.19. The topological polar surface area (TPSA) is 81.1 Å². The molecule has 0 bridgehead atoms. The summed E-state index contributed by atoms with van der Waals surface area (Å²) < 4.78 is 0. The third-order valence-corrected chi connectivity index (χ3v) is 2.84. The summed E-state index contributed by atoms with van der Waals surface area (Å²) in [6.45, 7) is 7.86. The largest absolute Gasteiger partial charge is 0.481 e. The molecule has 0 heterocycles. The maximum Gasteiger partial charge on any atom is 0.317 e. The predicted octanol–water partition coefficient (Wildman–Crippen LogP) is 0.580. The standard InChI is InChI=1S/C12H24N2O4/c1-3-13(4-2)7-5-8-14(10-12(17)18)9-6-11(15)16/h3-10H2,1-2H3,(H,15,16)(H,17,18). The molecule has 18 heavy (non-hydrogen) atoms. The van der Waals surface area contributed by atoms with Crippen LogP contribution in [0, 0.1) is 0 Å². The van der Waals surface area contributed by atoms with Gasteiger partial charge in [0.2, 0.25) is 0 Å². The first kappa shape index (κ1) is 16.9. The van der Waals surface area contributed by atoms with E-state index in [4.69, 9.17) is 10.2 Å². The van der Waals surface area contributed by atoms with Crippen LogP contribution in [0.25, 0.3) is 0 Å². The Kier molecular flexibility index (Phi) is 9.22. The molecule has 6 nitrogen and oxygen atoms in total. The van der Waals surface area contributed by atoms with Crippen LogP contribution in [-0.4, -0.2) is 71.2 Å². The Bertz CT molecular complexity index is 254. The summed E-state index contributed by atoms with van der Waals surface area (Å²) >= 11 is 0. The highest BCUT2D eigenvalue weighted by atomic mass is 16.4. The van der Waals surface area contributed by atoms with E-state index >= 15 is 0 Å². The molecular formula is C12H24N2O4. The molecule has 0 aliphatic carbocycles. The third-order valence-electron chi connectivity index (χ3n) is 2.84. The van der Waals surface area contributed by atoms with E-state index in [2.05, 4.69) is 18.7 Å². The van der Waals surface area contributed by atoms with Crippen molar-refractivity contribution in [2.45, 2.75) is 26.7 Å². The van der Waals surface area contributed by atoms with E-state index in [1.165, 1.54) is 0 Å². The number of carboxylic acids is 2. The summed E-state index contributed by atoms with van der Waals surface area (Å²) in [4.78, 5) is 25.1. The highest BCUT2D eigenvalue weighted by Gasteiger charge is 2.11. The monoisotopic (exact) mass is 260 g/mol. The molecule has 0 aromatic carbocycles. The van der Waals surface area contributed by atoms with Gasteiger partial charge in [-0.15, -0.1) is 0 Å². The number of carbonyl (C=O) groups is 2. The van der Waals surface area contributed by atoms with Crippen LogP contribution >= 0.6 is 0 Å². The Hall–Kier alpha value is -1.14. The number of aliphatic carboxylic acids is 2. The Morgan fingerprint density at radius 3 is 1.89 bits per heavy atom. The fourth-order valence-electron chi connectivity index (χ4n) is 1.77. The quantitative estimate of drug-likeness (QED) is 0.565. The van der Waals surface area contributed by atoms with Gasteiger partial charge in [0.05, 0.1) is 13.0 Å². The van der Waals surface area contributed by atoms with Crippen LogP contribution < -0.4 is 0 Å². The van der Waals surface area contributed by atoms with Crippen LogP contribution in [0.5, 0.6) is 0 Å². The predicted molar refractivity (Wildman–Crippen MR) is 68.7 cm³/mol. The lowest BCUT2D eigenvalue weighted by Crippen LogP contribution is -2.34. The molecule has 0 saturated carbocycles. The Balaban J connectivity index is 3.99. The van der Waals surface area contributed by atoms with E-state index in [1.807, 2.05) is 0 Å². The minimum Gasteiger partial charge on any atom is -0.481 e. The Morgan fingerprint density at radius 2 is 1.44 bits per heavy atom. The van der Waals surface area contributed by atoms with Crippen molar-refractivity contribution in [2.24, 2.45) is 0 Å². The fourth-order valence-corrected chi connectivity index (χ4v) is 1.77. The lowest BCUT2D eigenvalue weighted by atomic mass is 10.3. The van der Waals surface area contributed by atoms with E-state index in [9.17, 15) is 9.59 Å². The summed E-state index contributed by atoms with van der Waals surface area (Å²) in [5.41, 5.74) is 0. The second kappa shape index (κ2) is 9.85. The van der Waals surface area contributed by atoms with Crippen LogP contribution in [0.1, 0.15) is 26.7 Å². The summed E-state index contributed by atoms with van der Waals surface area (Å²) in [7, 11) is 0. The SMILES string of the molecule is CCN(CC)CCCN(CCC(=O)O)CC(=O)O. The van der Waals surface area contributed by atoms with Crippen molar-refractivity contribution in [3.63, 3.8) is 0 Å². The minimum absolute atomic E-state index is 0.0153. The van der Waals surface area contributed by atoms with E-state index < -0.39 is 11.9 Å². The van der Waals surface area contributed by atoms with Gasteiger partial charge in [-0.05, 0) is 32.6 Å². The van der Waals surface area contributed by atoms with Crippen molar-refractivity contribution in [1.82, 2.24) is 9.80 Å². The minimum atomic E-state index is -0.914. The molecule has 0 aliphatic rings. The first-order chi connectivity index (χ1) is 8.49. The van der Waals surface area contributed by atoms with Gasteiger partial charge in [0.1, 0.15) is 0 Å². The van der Waals surface area contributed by atoms with Gasteiger partial charge in [-0.1, -0.05) is 13.8 Å². The van der Waals surface area contributed by atoms with Crippen molar-refractivity contribution in [3.8, 4) is 0 Å². The zero-order chi connectivity index (χ0) is 14.0. The molecule has 0 aromatic heterocycles. The van der Waals surface area contributed by atoms with Crippen molar-refractivity contribution in [2.75, 3.05) is 39.3 Å². The lowest BCUT2D eigenvalue weighted by molar-refractivity contribution is -0.141. The molecule has 0 fully saturated rings. The molecule has 6 heteroatoms. The fraction of sp³-hybridized carbons (Fsp3) is 0.833. The molecule has 0 aliphatic heterocycles. The average Bonchev–Trinajstić information content (AvgIpc) is 2.30. The van der Waals surface area contributed by atoms with Gasteiger partial charge in [0, 0.05) is 6.54 Å². The second-order valence-corrected chi connectivity index (χ2v) is 4.19. The van der Waals surface area contributed by atoms with Crippen LogP contribution in [0.2, 0.25) is 0 Å². The zero-order valence-corrected chi connectivity index (χ0v) is 11.3. The normalized spacial score (nSPS) is 11.1. The smallest absolute Gasteiger partial charge is 0.317 e. The highest BCUT2D eigenvalue weighted by molar-refractivity contribution is 5.69. The van der Waals surface area contributed by atoms with Crippen LogP contribution in [0.15, 0.2) is 0 Å². The number of carboxylic acid groups (broad SMARTS) is 2. The van der Waals surface area contributed by atoms with Gasteiger partial charge >= 0.3 is 11.9 Å². The molecule has 106 valence electrons. The summed E-state index contributed by atoms with van der Waals surface area (Å²) in [6, 6.07) is 0. The molecule has 0 atom stereocenters. The van der Waals surface area contributed by atoms with Gasteiger partial charge in [0.25, 0.3) is 0 Å². The molecular weight excluding hydrogens is 236 g/mol. The number of hydrogen-bond acceptors (Lipinski definition) is 4. The third kappa shape index (κ3) is 8.95. The Labute approximate surface area is 108 Å². The first-order valence-corrected chi connectivity index (χ1v) is 6.37. The van der Waals surface area contributed by atoms with Gasteiger partial charge < -0.3 is 15.1 Å². The lowest BCUT2D eigenvalue weighted by Gasteiger charge is -2.22. The number of rotatable bonds is 11. The van der Waals surface area contributed by atoms with Crippen molar-refractivity contribution in [3.05, 3.63) is 0 Å². The van der Waals surface area contributed by atoms with Gasteiger partial charge in [-0.2, -0.15) is 0 Å². The molecule has 0 aromatic rings. The number of hydrogen-bond donors (Lipinski definition) is 2. The molecule has 0 unspecified atom stereocenters. The van der Waals surface area contributed by atoms with Gasteiger partial charge in [-0.25, -0.2) is 0 Å². The van der Waals surface area contributed by atoms with Gasteiger partial charge in [-0.3, -0.25) is 14.5 Å². The number of nitrogens with zero attached hydrogens (tertiary/aromatic N) is 2.